The summed E-state index contributed by atoms with van der Waals surface area (Å²) in [7, 11) is -2.36. The largest absolute Gasteiger partial charge is 0.497 e. The van der Waals surface area contributed by atoms with Gasteiger partial charge in [-0.15, -0.1) is 6.58 Å². The van der Waals surface area contributed by atoms with E-state index < -0.39 is 79.7 Å². The van der Waals surface area contributed by atoms with E-state index in [4.69, 9.17) is 23.6 Å². The van der Waals surface area contributed by atoms with Crippen molar-refractivity contribution in [3.63, 3.8) is 0 Å². The average molecular weight is 780 g/mol. The molecule has 55 heavy (non-hydrogen) atoms. The maximum absolute atomic E-state index is 14.6. The van der Waals surface area contributed by atoms with Gasteiger partial charge < -0.3 is 34.2 Å². The van der Waals surface area contributed by atoms with E-state index in [1.54, 1.807) is 73.1 Å². The molecule has 0 radical (unpaired) electrons. The summed E-state index contributed by atoms with van der Waals surface area (Å²) in [5.41, 5.74) is -2.01. The second kappa shape index (κ2) is 14.5. The van der Waals surface area contributed by atoms with Crippen LogP contribution in [0.25, 0.3) is 22.0 Å². The van der Waals surface area contributed by atoms with E-state index in [0.29, 0.717) is 35.2 Å². The van der Waals surface area contributed by atoms with Crippen LogP contribution in [-0.4, -0.2) is 90.3 Å². The molecule has 0 bridgehead atoms. The van der Waals surface area contributed by atoms with Gasteiger partial charge in [0.2, 0.25) is 27.7 Å². The maximum atomic E-state index is 14.6. The zero-order chi connectivity index (χ0) is 40.1. The third-order valence-electron chi connectivity index (χ3n) is 9.97. The molecule has 3 fully saturated rings. The van der Waals surface area contributed by atoms with Crippen LogP contribution in [0.4, 0.5) is 4.79 Å². The second-order valence-corrected chi connectivity index (χ2v) is 18.5. The molecule has 15 nitrogen and oxygen atoms in total. The van der Waals surface area contributed by atoms with Crippen LogP contribution in [0.3, 0.4) is 0 Å². The molecule has 5 atom stereocenters. The Bertz CT molecular complexity index is 2100. The lowest BCUT2D eigenvalue weighted by Gasteiger charge is -2.36. The molecule has 2 aliphatic carbocycles. The van der Waals surface area contributed by atoms with Gasteiger partial charge >= 0.3 is 6.09 Å². The second-order valence-electron chi connectivity index (χ2n) is 16.5. The Morgan fingerprint density at radius 2 is 1.82 bits per heavy atom. The molecule has 3 heterocycles. The zero-order valence-corrected chi connectivity index (χ0v) is 32.9. The molecule has 0 spiro atoms. The third-order valence-corrected chi connectivity index (χ3v) is 11.8. The highest BCUT2D eigenvalue weighted by molar-refractivity contribution is 7.91. The normalized spacial score (nSPS) is 23.0. The first kappa shape index (κ1) is 39.6. The van der Waals surface area contributed by atoms with E-state index in [0.717, 1.165) is 5.39 Å². The highest BCUT2D eigenvalue weighted by atomic mass is 32.2. The molecule has 3 aromatic rings. The number of carbonyl (C=O) groups is 4. The number of furan rings is 1. The van der Waals surface area contributed by atoms with Gasteiger partial charge in [0.15, 0.2) is 0 Å². The fourth-order valence-corrected chi connectivity index (χ4v) is 8.13. The highest BCUT2D eigenvalue weighted by Crippen LogP contribution is 2.46. The number of nitrogens with zero attached hydrogens (tertiary/aromatic N) is 2. The van der Waals surface area contributed by atoms with Crippen LogP contribution in [0.2, 0.25) is 0 Å². The molecule has 3 N–H and O–H groups in total. The van der Waals surface area contributed by atoms with E-state index in [9.17, 15) is 27.6 Å². The van der Waals surface area contributed by atoms with E-state index >= 15 is 0 Å². The molecule has 2 aromatic heterocycles. The van der Waals surface area contributed by atoms with Crippen molar-refractivity contribution in [1.82, 2.24) is 25.2 Å². The Hall–Kier alpha value is -5.12. The lowest BCUT2D eigenvalue weighted by atomic mass is 9.85. The van der Waals surface area contributed by atoms with Crippen LogP contribution in [0.15, 0.2) is 59.9 Å². The fraction of sp³-hybridized carbons (Fsp3) is 0.513. The summed E-state index contributed by atoms with van der Waals surface area (Å²) in [5, 5.41) is 6.25. The molecular weight excluding hydrogens is 731 g/mol. The number of hydrogen-bond donors (Lipinski definition) is 3. The molecule has 4 amide bonds. The minimum absolute atomic E-state index is 0.0209. The van der Waals surface area contributed by atoms with E-state index in [2.05, 4.69) is 21.9 Å². The SMILES string of the molecule is C=C[C@@H]1C[C@]1(NC(=O)C1C[C@@H](Oc2nc(-c3ccoc3)cc3cc(OC)ccc23)CN1C(=O)[C@@H](NC(=O)OC(C)(C)C)C(C)(C)C)C(=O)NS(=O)(=O)C1CC1. The summed E-state index contributed by atoms with van der Waals surface area (Å²) in [4.78, 5) is 61.7. The first-order valence-electron chi connectivity index (χ1n) is 18.2. The van der Waals surface area contributed by atoms with Crippen molar-refractivity contribution in [1.29, 1.82) is 0 Å². The number of aromatic nitrogens is 1. The van der Waals surface area contributed by atoms with Crippen LogP contribution < -0.4 is 24.8 Å². The zero-order valence-electron chi connectivity index (χ0n) is 32.1. The van der Waals surface area contributed by atoms with Crippen LogP contribution in [0.1, 0.15) is 67.2 Å². The number of rotatable bonds is 12. The summed E-state index contributed by atoms with van der Waals surface area (Å²) in [5.74, 6) is -1.82. The Morgan fingerprint density at radius 3 is 2.40 bits per heavy atom. The van der Waals surface area contributed by atoms with Gasteiger partial charge in [0.1, 0.15) is 35.1 Å². The summed E-state index contributed by atoms with van der Waals surface area (Å²) in [6, 6.07) is 6.70. The first-order chi connectivity index (χ1) is 25.7. The van der Waals surface area contributed by atoms with E-state index in [1.165, 1.54) is 17.2 Å². The molecule has 6 rings (SSSR count). The minimum Gasteiger partial charge on any atom is -0.497 e. The third kappa shape index (κ3) is 8.58. The Morgan fingerprint density at radius 1 is 1.09 bits per heavy atom. The number of ether oxygens (including phenoxy) is 3. The van der Waals surface area contributed by atoms with Crippen LogP contribution in [0, 0.1) is 11.3 Å². The minimum atomic E-state index is -3.92. The van der Waals surface area contributed by atoms with Crippen LogP contribution in [-0.2, 0) is 29.1 Å². The maximum Gasteiger partial charge on any atom is 0.408 e. The van der Waals surface area contributed by atoms with E-state index in [1.807, 2.05) is 12.1 Å². The Balaban J connectivity index is 1.34. The lowest BCUT2D eigenvalue weighted by molar-refractivity contribution is -0.143. The van der Waals surface area contributed by atoms with E-state index in [-0.39, 0.29) is 25.3 Å². The van der Waals surface area contributed by atoms with Gasteiger partial charge in [-0.1, -0.05) is 26.8 Å². The predicted octanol–water partition coefficient (Wildman–Crippen LogP) is 4.46. The quantitative estimate of drug-likeness (QED) is 0.220. The molecular formula is C39H49N5O10S. The molecule has 2 saturated carbocycles. The first-order valence-corrected chi connectivity index (χ1v) is 19.8. The average Bonchev–Trinajstić information content (AvgIpc) is 3.97. The van der Waals surface area contributed by atoms with Crippen molar-refractivity contribution in [3.8, 4) is 22.9 Å². The number of alkyl carbamates (subject to hydrolysis) is 1. The summed E-state index contributed by atoms with van der Waals surface area (Å²) < 4.78 is 50.4. The number of fused-ring (bicyclic) bond motifs is 1. The number of methoxy groups -OCH3 is 1. The summed E-state index contributed by atoms with van der Waals surface area (Å²) in [6.07, 6.45) is 3.97. The van der Waals surface area contributed by atoms with Gasteiger partial charge in [0.05, 0.1) is 37.1 Å². The number of hydrogen-bond acceptors (Lipinski definition) is 11. The van der Waals surface area contributed by atoms with Crippen molar-refractivity contribution >= 4 is 44.6 Å². The smallest absolute Gasteiger partial charge is 0.408 e. The molecule has 1 aromatic carbocycles. The Labute approximate surface area is 320 Å². The van der Waals surface area contributed by atoms with Gasteiger partial charge in [0, 0.05) is 23.3 Å². The predicted molar refractivity (Wildman–Crippen MR) is 202 cm³/mol. The highest BCUT2D eigenvalue weighted by Gasteiger charge is 2.62. The molecule has 1 saturated heterocycles. The number of nitrogens with one attached hydrogen (secondary N) is 3. The van der Waals surface area contributed by atoms with Crippen molar-refractivity contribution in [2.45, 2.75) is 102 Å². The monoisotopic (exact) mass is 779 g/mol. The number of amides is 4. The van der Waals surface area contributed by atoms with Gasteiger partial charge in [-0.2, -0.15) is 0 Å². The molecule has 16 heteroatoms. The molecule has 1 unspecified atom stereocenters. The van der Waals surface area contributed by atoms with Gasteiger partial charge in [-0.25, -0.2) is 18.2 Å². The van der Waals surface area contributed by atoms with Gasteiger partial charge in [0.25, 0.3) is 5.91 Å². The van der Waals surface area contributed by atoms with Gasteiger partial charge in [-0.05, 0) is 81.2 Å². The summed E-state index contributed by atoms with van der Waals surface area (Å²) in [6.45, 7) is 14.1. The molecule has 296 valence electrons. The number of sulfonamides is 1. The topological polar surface area (TPSA) is 195 Å². The van der Waals surface area contributed by atoms with Crippen LogP contribution in [0.5, 0.6) is 11.6 Å². The lowest BCUT2D eigenvalue weighted by Crippen LogP contribution is -2.60. The van der Waals surface area contributed by atoms with Crippen molar-refractivity contribution in [3.05, 3.63) is 55.5 Å². The van der Waals surface area contributed by atoms with Crippen LogP contribution >= 0.6 is 0 Å². The van der Waals surface area contributed by atoms with Crippen molar-refractivity contribution in [2.75, 3.05) is 13.7 Å². The number of likely N-dealkylation sites (tertiary alicyclic amines) is 1. The molecule has 1 aliphatic heterocycles. The van der Waals surface area contributed by atoms with Crippen molar-refractivity contribution in [2.24, 2.45) is 11.3 Å². The number of benzene rings is 1. The van der Waals surface area contributed by atoms with Crippen molar-refractivity contribution < 1.29 is 46.2 Å². The standard InChI is InChI=1S/C39H49N5O10S/c1-9-24-19-39(24,35(47)43-55(49,50)27-11-12-27)42-32(45)30-18-26(20-44(30)34(46)31(37(2,3)4)41-36(48)54-38(5,6)7)53-33-28-13-10-25(51-8)16-23(28)17-29(40-33)22-14-15-52-21-22/h9-10,13-17,21,24,26-27,30-31H,1,11-12,18-20H2,2-8H3,(H,41,48)(H,42,45)(H,43,47)/t24-,26-,30?,31-,39-/m1/s1. The molecule has 3 aliphatic rings. The Kier molecular flexibility index (Phi) is 10.4. The fourth-order valence-electron chi connectivity index (χ4n) is 6.77. The number of carbonyl (C=O) groups excluding carboxylic acids is 4. The summed E-state index contributed by atoms with van der Waals surface area (Å²) >= 11 is 0. The number of pyridine rings is 1. The van der Waals surface area contributed by atoms with Gasteiger partial charge in [-0.3, -0.25) is 19.1 Å².